The van der Waals surface area contributed by atoms with Gasteiger partial charge in [0.05, 0.1) is 18.8 Å². The minimum atomic E-state index is -0.919. The summed E-state index contributed by atoms with van der Waals surface area (Å²) in [4.78, 5) is 36.9. The average Bonchev–Trinajstić information content (AvgIpc) is 3.29. The monoisotopic (exact) mass is 587 g/mol. The molecule has 1 saturated carbocycles. The van der Waals surface area contributed by atoms with Crippen LogP contribution in [-0.2, 0) is 14.3 Å². The largest absolute Gasteiger partial charge is 0.491 e. The van der Waals surface area contributed by atoms with Gasteiger partial charge in [-0.2, -0.15) is 0 Å². The van der Waals surface area contributed by atoms with Crippen LogP contribution in [0.3, 0.4) is 0 Å². The zero-order chi connectivity index (χ0) is 30.4. The lowest BCUT2D eigenvalue weighted by Crippen LogP contribution is -2.34. The van der Waals surface area contributed by atoms with Crippen LogP contribution in [0.2, 0.25) is 0 Å². The number of hydrogen-bond acceptors (Lipinski definition) is 8. The third kappa shape index (κ3) is 10.2. The number of aliphatic hydroxyl groups excluding tert-OH is 2. The number of unbranched alkanes of at least 4 members (excludes halogenated alkanes) is 1. The van der Waals surface area contributed by atoms with Gasteiger partial charge in [0.1, 0.15) is 30.0 Å². The second-order valence-corrected chi connectivity index (χ2v) is 10.3. The maximum Gasteiger partial charge on any atom is 0.311 e. The van der Waals surface area contributed by atoms with E-state index in [-0.39, 0.29) is 43.7 Å². The summed E-state index contributed by atoms with van der Waals surface area (Å²) in [6.07, 6.45) is 3.05. The van der Waals surface area contributed by atoms with Crippen LogP contribution < -0.4 is 14.8 Å². The Morgan fingerprint density at radius 2 is 1.60 bits per heavy atom. The number of allylic oxidation sites excluding steroid dienone is 2. The SMILES string of the molecule is O=C(CCCC=CC[C@H]1C(=O)C[C@@H](O)[C@@H]1OC[C@@H](O)COc1ccccc1)Oc1ccc(NC(=O)c2ccccc2)cc1. The maximum absolute atomic E-state index is 12.4. The first-order chi connectivity index (χ1) is 20.9. The molecular weight excluding hydrogens is 550 g/mol. The summed E-state index contributed by atoms with van der Waals surface area (Å²) in [5.74, 6) is -0.149. The number of amides is 1. The molecule has 1 amide bonds. The van der Waals surface area contributed by atoms with E-state index < -0.39 is 24.2 Å². The van der Waals surface area contributed by atoms with Crippen molar-refractivity contribution >= 4 is 23.3 Å². The second-order valence-electron chi connectivity index (χ2n) is 10.3. The molecule has 9 nitrogen and oxygen atoms in total. The first-order valence-electron chi connectivity index (χ1n) is 14.4. The lowest BCUT2D eigenvalue weighted by molar-refractivity contribution is -0.134. The van der Waals surface area contributed by atoms with Crippen molar-refractivity contribution in [3.05, 3.63) is 103 Å². The number of carbonyl (C=O) groups excluding carboxylic acids is 3. The molecule has 0 unspecified atom stereocenters. The molecule has 0 heterocycles. The summed E-state index contributed by atoms with van der Waals surface area (Å²) in [6, 6.07) is 24.6. The number of Topliss-reactive ketones (excluding diaryl/α,β-unsaturated/α-hetero) is 1. The number of para-hydroxylation sites is 1. The minimum absolute atomic E-state index is 0.0198. The number of carbonyl (C=O) groups is 3. The van der Waals surface area contributed by atoms with Gasteiger partial charge in [0, 0.05) is 30.0 Å². The zero-order valence-electron chi connectivity index (χ0n) is 23.8. The molecule has 0 bridgehead atoms. The Kier molecular flexibility index (Phi) is 12.0. The van der Waals surface area contributed by atoms with Gasteiger partial charge in [-0.15, -0.1) is 0 Å². The third-order valence-electron chi connectivity index (χ3n) is 6.95. The van der Waals surface area contributed by atoms with Crippen molar-refractivity contribution < 1.29 is 38.8 Å². The summed E-state index contributed by atoms with van der Waals surface area (Å²) in [5.41, 5.74) is 1.14. The van der Waals surface area contributed by atoms with Gasteiger partial charge in [-0.05, 0) is 67.8 Å². The number of ketones is 1. The highest BCUT2D eigenvalue weighted by Gasteiger charge is 2.41. The van der Waals surface area contributed by atoms with Crippen molar-refractivity contribution in [2.45, 2.75) is 50.4 Å². The third-order valence-corrected chi connectivity index (χ3v) is 6.95. The number of hydrogen-bond donors (Lipinski definition) is 3. The predicted octanol–water partition coefficient (Wildman–Crippen LogP) is 4.74. The zero-order valence-corrected chi connectivity index (χ0v) is 23.8. The summed E-state index contributed by atoms with van der Waals surface area (Å²) < 4.78 is 16.6. The van der Waals surface area contributed by atoms with E-state index in [1.807, 2.05) is 36.4 Å². The van der Waals surface area contributed by atoms with Crippen LogP contribution in [0, 0.1) is 5.92 Å². The van der Waals surface area contributed by atoms with E-state index in [1.165, 1.54) is 0 Å². The van der Waals surface area contributed by atoms with Gasteiger partial charge in [-0.3, -0.25) is 14.4 Å². The van der Waals surface area contributed by atoms with Crippen LogP contribution in [0.1, 0.15) is 42.5 Å². The van der Waals surface area contributed by atoms with Crippen LogP contribution in [-0.4, -0.2) is 59.4 Å². The summed E-state index contributed by atoms with van der Waals surface area (Å²) >= 11 is 0. The molecule has 3 aromatic rings. The molecule has 226 valence electrons. The molecule has 4 atom stereocenters. The van der Waals surface area contributed by atoms with Crippen LogP contribution in [0.5, 0.6) is 11.5 Å². The number of rotatable bonds is 15. The molecule has 0 saturated heterocycles. The number of esters is 1. The van der Waals surface area contributed by atoms with E-state index in [2.05, 4.69) is 5.32 Å². The van der Waals surface area contributed by atoms with Crippen molar-refractivity contribution in [3.63, 3.8) is 0 Å². The summed E-state index contributed by atoms with van der Waals surface area (Å²) in [6.45, 7) is -0.0265. The highest BCUT2D eigenvalue weighted by molar-refractivity contribution is 6.04. The Morgan fingerprint density at radius 1 is 0.907 bits per heavy atom. The van der Waals surface area contributed by atoms with Crippen LogP contribution in [0.4, 0.5) is 5.69 Å². The van der Waals surface area contributed by atoms with Crippen molar-refractivity contribution in [1.82, 2.24) is 0 Å². The van der Waals surface area contributed by atoms with Gasteiger partial charge in [0.2, 0.25) is 0 Å². The van der Waals surface area contributed by atoms with E-state index in [9.17, 15) is 24.6 Å². The van der Waals surface area contributed by atoms with Crippen molar-refractivity contribution in [2.75, 3.05) is 18.5 Å². The predicted molar refractivity (Wildman–Crippen MR) is 161 cm³/mol. The smallest absolute Gasteiger partial charge is 0.311 e. The molecule has 0 aliphatic heterocycles. The maximum atomic E-state index is 12.4. The Bertz CT molecular complexity index is 1340. The van der Waals surface area contributed by atoms with Crippen LogP contribution >= 0.6 is 0 Å². The summed E-state index contributed by atoms with van der Waals surface area (Å²) in [5, 5.41) is 23.3. The molecule has 1 fully saturated rings. The molecule has 3 N–H and O–H groups in total. The molecule has 3 aromatic carbocycles. The lowest BCUT2D eigenvalue weighted by Gasteiger charge is -2.22. The standard InChI is InChI=1S/C34H37NO8/c36-26(22-41-27-13-7-4-8-14-27)23-42-33-29(30(37)21-31(33)38)15-9-1-2-10-16-32(39)43-28-19-17-25(18-20-28)35-34(40)24-11-5-3-6-12-24/h1,3-9,11-14,17-20,26,29,31,33,36,38H,2,10,15-16,21-23H2,(H,35,40)/t26-,29-,31+,33+/m0/s1. The Hall–Kier alpha value is -4.31. The van der Waals surface area contributed by atoms with Crippen molar-refractivity contribution in [3.8, 4) is 11.5 Å². The molecule has 0 aromatic heterocycles. The number of nitrogens with one attached hydrogen (secondary N) is 1. The first kappa shape index (κ1) is 31.6. The molecule has 0 spiro atoms. The van der Waals surface area contributed by atoms with Gasteiger partial charge in [-0.25, -0.2) is 0 Å². The number of benzene rings is 3. The Balaban J connectivity index is 1.12. The number of aliphatic hydroxyl groups is 2. The highest BCUT2D eigenvalue weighted by Crippen LogP contribution is 2.29. The van der Waals surface area contributed by atoms with Crippen molar-refractivity contribution in [2.24, 2.45) is 5.92 Å². The first-order valence-corrected chi connectivity index (χ1v) is 14.4. The van der Waals surface area contributed by atoms with Crippen molar-refractivity contribution in [1.29, 1.82) is 0 Å². The van der Waals surface area contributed by atoms with Gasteiger partial charge >= 0.3 is 5.97 Å². The Labute approximate surface area is 251 Å². The minimum Gasteiger partial charge on any atom is -0.491 e. The van der Waals surface area contributed by atoms with E-state index in [0.29, 0.717) is 42.0 Å². The van der Waals surface area contributed by atoms with E-state index >= 15 is 0 Å². The summed E-state index contributed by atoms with van der Waals surface area (Å²) in [7, 11) is 0. The molecule has 1 aliphatic carbocycles. The fourth-order valence-electron chi connectivity index (χ4n) is 4.70. The van der Waals surface area contributed by atoms with E-state index in [1.54, 1.807) is 60.7 Å². The molecule has 1 aliphatic rings. The lowest BCUT2D eigenvalue weighted by atomic mass is 9.99. The Morgan fingerprint density at radius 3 is 2.33 bits per heavy atom. The second kappa shape index (κ2) is 16.4. The number of ether oxygens (including phenoxy) is 3. The topological polar surface area (TPSA) is 131 Å². The number of anilines is 1. The quantitative estimate of drug-likeness (QED) is 0.101. The molecule has 4 rings (SSSR count). The van der Waals surface area contributed by atoms with Gasteiger partial charge in [-0.1, -0.05) is 48.6 Å². The molecular formula is C34H37NO8. The van der Waals surface area contributed by atoms with Crippen LogP contribution in [0.15, 0.2) is 97.1 Å². The van der Waals surface area contributed by atoms with E-state index in [0.717, 1.165) is 0 Å². The van der Waals surface area contributed by atoms with Gasteiger partial charge in [0.15, 0.2) is 0 Å². The average molecular weight is 588 g/mol. The van der Waals surface area contributed by atoms with Gasteiger partial charge < -0.3 is 29.7 Å². The fraction of sp³-hybridized carbons (Fsp3) is 0.324. The van der Waals surface area contributed by atoms with Gasteiger partial charge in [0.25, 0.3) is 5.91 Å². The molecule has 43 heavy (non-hydrogen) atoms. The molecule has 9 heteroatoms. The highest BCUT2D eigenvalue weighted by atomic mass is 16.5. The van der Waals surface area contributed by atoms with E-state index in [4.69, 9.17) is 14.2 Å². The fourth-order valence-corrected chi connectivity index (χ4v) is 4.70. The van der Waals surface area contributed by atoms with Crippen LogP contribution in [0.25, 0.3) is 0 Å². The molecule has 0 radical (unpaired) electrons. The normalized spacial score (nSPS) is 18.8.